The molecule has 102 valence electrons. The number of hydrazine groups is 1. The predicted molar refractivity (Wildman–Crippen MR) is 75.8 cm³/mol. The first-order valence-electron chi connectivity index (χ1n) is 7.56. The van der Waals surface area contributed by atoms with Gasteiger partial charge in [-0.15, -0.1) is 0 Å². The molecule has 0 heterocycles. The van der Waals surface area contributed by atoms with Crippen molar-refractivity contribution in [2.24, 2.45) is 28.5 Å². The summed E-state index contributed by atoms with van der Waals surface area (Å²) in [6, 6.07) is 0.382. The molecule has 3 N–H and O–H groups in total. The molecule has 0 aromatic carbocycles. The third kappa shape index (κ3) is 1.94. The van der Waals surface area contributed by atoms with Gasteiger partial charge < -0.3 is 0 Å². The van der Waals surface area contributed by atoms with Gasteiger partial charge in [-0.25, -0.2) is 0 Å². The first-order chi connectivity index (χ1) is 8.45. The number of hydrogen-bond acceptors (Lipinski definition) is 2. The van der Waals surface area contributed by atoms with E-state index in [0.29, 0.717) is 16.9 Å². The average molecular weight is 248 g/mol. The Morgan fingerprint density at radius 3 is 2.28 bits per heavy atom. The fourth-order valence-corrected chi connectivity index (χ4v) is 5.90. The zero-order chi connectivity index (χ0) is 13.0. The third-order valence-corrected chi connectivity index (χ3v) is 5.74. The molecule has 4 rings (SSSR count). The highest BCUT2D eigenvalue weighted by atomic mass is 15.2. The van der Waals surface area contributed by atoms with Crippen LogP contribution in [0.15, 0.2) is 11.6 Å². The van der Waals surface area contributed by atoms with E-state index in [0.717, 1.165) is 11.8 Å². The summed E-state index contributed by atoms with van der Waals surface area (Å²) in [6.07, 6.45) is 11.0. The Balaban J connectivity index is 1.92. The molecule has 0 spiro atoms. The largest absolute Gasteiger partial charge is 0.271 e. The molecule has 3 atom stereocenters. The van der Waals surface area contributed by atoms with Crippen LogP contribution >= 0.6 is 0 Å². The number of hydrogen-bond donors (Lipinski definition) is 2. The van der Waals surface area contributed by atoms with Crippen LogP contribution in [0.25, 0.3) is 0 Å². The Morgan fingerprint density at radius 1 is 1.22 bits per heavy atom. The smallest absolute Gasteiger partial charge is 0.0449 e. The molecule has 0 aliphatic heterocycles. The number of rotatable bonds is 3. The molecule has 0 saturated heterocycles. The topological polar surface area (TPSA) is 38.0 Å². The molecule has 18 heavy (non-hydrogen) atoms. The summed E-state index contributed by atoms with van der Waals surface area (Å²) in [7, 11) is 0. The van der Waals surface area contributed by atoms with Gasteiger partial charge in [0.05, 0.1) is 0 Å². The molecule has 2 heteroatoms. The molecule has 0 radical (unpaired) electrons. The number of allylic oxidation sites excluding steroid dienone is 1. The monoisotopic (exact) mass is 248 g/mol. The van der Waals surface area contributed by atoms with Crippen molar-refractivity contribution in [2.45, 2.75) is 65.3 Å². The average Bonchev–Trinajstić information content (AvgIpc) is 2.21. The van der Waals surface area contributed by atoms with Gasteiger partial charge in [-0.1, -0.05) is 18.6 Å². The summed E-state index contributed by atoms with van der Waals surface area (Å²) >= 11 is 0. The van der Waals surface area contributed by atoms with Crippen molar-refractivity contribution in [3.8, 4) is 0 Å². The second kappa shape index (κ2) is 4.08. The van der Waals surface area contributed by atoms with Gasteiger partial charge in [0.25, 0.3) is 0 Å². The fourth-order valence-electron chi connectivity index (χ4n) is 5.90. The van der Waals surface area contributed by atoms with E-state index in [9.17, 15) is 0 Å². The van der Waals surface area contributed by atoms with Crippen molar-refractivity contribution in [3.05, 3.63) is 11.6 Å². The molecule has 0 aromatic heterocycles. The molecule has 4 saturated carbocycles. The van der Waals surface area contributed by atoms with Crippen LogP contribution in [-0.2, 0) is 0 Å². The van der Waals surface area contributed by atoms with E-state index < -0.39 is 0 Å². The summed E-state index contributed by atoms with van der Waals surface area (Å²) in [5.41, 5.74) is 5.57. The third-order valence-electron chi connectivity index (χ3n) is 5.74. The molecular formula is C16H28N2. The van der Waals surface area contributed by atoms with E-state index in [2.05, 4.69) is 32.3 Å². The van der Waals surface area contributed by atoms with E-state index in [1.807, 2.05) is 0 Å². The molecule has 2 nitrogen and oxygen atoms in total. The molecule has 4 bridgehead atoms. The van der Waals surface area contributed by atoms with Crippen LogP contribution < -0.4 is 11.3 Å². The Bertz CT molecular complexity index is 353. The van der Waals surface area contributed by atoms with E-state index in [4.69, 9.17) is 5.84 Å². The maximum absolute atomic E-state index is 5.89. The number of nitrogens with one attached hydrogen (secondary N) is 1. The first-order valence-corrected chi connectivity index (χ1v) is 7.56. The fraction of sp³-hybridized carbons (Fsp3) is 0.875. The van der Waals surface area contributed by atoms with E-state index in [1.54, 1.807) is 0 Å². The van der Waals surface area contributed by atoms with E-state index >= 15 is 0 Å². The van der Waals surface area contributed by atoms with E-state index in [-0.39, 0.29) is 0 Å². The van der Waals surface area contributed by atoms with Crippen molar-refractivity contribution in [1.29, 1.82) is 0 Å². The van der Waals surface area contributed by atoms with Crippen molar-refractivity contribution < 1.29 is 0 Å². The minimum absolute atomic E-state index is 0.382. The van der Waals surface area contributed by atoms with Crippen LogP contribution in [0.1, 0.15) is 59.3 Å². The van der Waals surface area contributed by atoms with Crippen LogP contribution in [0, 0.1) is 22.7 Å². The van der Waals surface area contributed by atoms with Crippen molar-refractivity contribution >= 4 is 0 Å². The summed E-state index contributed by atoms with van der Waals surface area (Å²) in [5, 5.41) is 0. The Morgan fingerprint density at radius 2 is 1.83 bits per heavy atom. The van der Waals surface area contributed by atoms with Crippen LogP contribution in [0.3, 0.4) is 0 Å². The molecule has 4 fully saturated rings. The lowest BCUT2D eigenvalue weighted by Crippen LogP contribution is -2.59. The second-order valence-electron chi connectivity index (χ2n) is 8.02. The first kappa shape index (κ1) is 12.7. The van der Waals surface area contributed by atoms with Gasteiger partial charge in [0.15, 0.2) is 0 Å². The summed E-state index contributed by atoms with van der Waals surface area (Å²) in [5.74, 6) is 7.83. The van der Waals surface area contributed by atoms with Crippen LogP contribution in [0.4, 0.5) is 0 Å². The maximum atomic E-state index is 5.89. The van der Waals surface area contributed by atoms with Gasteiger partial charge in [0, 0.05) is 6.04 Å². The van der Waals surface area contributed by atoms with Gasteiger partial charge in [0.2, 0.25) is 0 Å². The highest BCUT2D eigenvalue weighted by Crippen LogP contribution is 2.66. The minimum atomic E-state index is 0.382. The Hall–Kier alpha value is -0.340. The predicted octanol–water partition coefficient (Wildman–Crippen LogP) is 3.39. The Kier molecular flexibility index (Phi) is 2.87. The standard InChI is InChI=1S/C16H28N2/c1-11(2)4-14(18-17)16-8-12-5-13(9-16)7-15(3,6-12)10-16/h4,12-14,18H,5-10,17H2,1-3H3. The Labute approximate surface area is 111 Å². The highest BCUT2D eigenvalue weighted by Gasteiger charge is 2.57. The summed E-state index contributed by atoms with van der Waals surface area (Å²) in [6.45, 7) is 6.90. The van der Waals surface area contributed by atoms with Gasteiger partial charge >= 0.3 is 0 Å². The number of nitrogens with two attached hydrogens (primary N) is 1. The van der Waals surface area contributed by atoms with Crippen molar-refractivity contribution in [3.63, 3.8) is 0 Å². The zero-order valence-electron chi connectivity index (χ0n) is 12.1. The maximum Gasteiger partial charge on any atom is 0.0449 e. The van der Waals surface area contributed by atoms with E-state index in [1.165, 1.54) is 44.1 Å². The van der Waals surface area contributed by atoms with Crippen molar-refractivity contribution in [2.75, 3.05) is 0 Å². The quantitative estimate of drug-likeness (QED) is 0.456. The van der Waals surface area contributed by atoms with Crippen LogP contribution in [-0.4, -0.2) is 6.04 Å². The lowest BCUT2D eigenvalue weighted by molar-refractivity contribution is -0.111. The highest BCUT2D eigenvalue weighted by molar-refractivity contribution is 5.15. The lowest BCUT2D eigenvalue weighted by Gasteiger charge is -2.63. The summed E-state index contributed by atoms with van der Waals surface area (Å²) < 4.78 is 0. The zero-order valence-corrected chi connectivity index (χ0v) is 12.1. The molecule has 0 aromatic rings. The lowest BCUT2D eigenvalue weighted by atomic mass is 9.43. The van der Waals surface area contributed by atoms with Crippen LogP contribution in [0.2, 0.25) is 0 Å². The molecule has 0 amide bonds. The van der Waals surface area contributed by atoms with Crippen molar-refractivity contribution in [1.82, 2.24) is 5.43 Å². The molecular weight excluding hydrogens is 220 g/mol. The van der Waals surface area contributed by atoms with Gasteiger partial charge in [-0.2, -0.15) is 0 Å². The summed E-state index contributed by atoms with van der Waals surface area (Å²) in [4.78, 5) is 0. The van der Waals surface area contributed by atoms with Gasteiger partial charge in [0.1, 0.15) is 0 Å². The SMILES string of the molecule is CC(C)=CC(NN)C12CC3CC(CC(C)(C3)C1)C2. The van der Waals surface area contributed by atoms with Gasteiger partial charge in [-0.05, 0) is 75.0 Å². The molecule has 4 aliphatic carbocycles. The van der Waals surface area contributed by atoms with Gasteiger partial charge in [-0.3, -0.25) is 11.3 Å². The van der Waals surface area contributed by atoms with Crippen LogP contribution in [0.5, 0.6) is 0 Å². The second-order valence-corrected chi connectivity index (χ2v) is 8.02. The molecule has 4 aliphatic rings. The normalized spacial score (nSPS) is 47.1. The molecule has 3 unspecified atom stereocenters. The minimum Gasteiger partial charge on any atom is -0.271 e.